The van der Waals surface area contributed by atoms with Crippen molar-refractivity contribution in [1.29, 1.82) is 0 Å². The topological polar surface area (TPSA) is 89.9 Å². The highest BCUT2D eigenvalue weighted by Crippen LogP contribution is 2.28. The minimum absolute atomic E-state index is 0.721. The smallest absolute Gasteiger partial charge is 0.426 e. The first kappa shape index (κ1) is 21.8. The van der Waals surface area contributed by atoms with E-state index < -0.39 is 59.0 Å². The summed E-state index contributed by atoms with van der Waals surface area (Å²) < 4.78 is 44.5. The number of esters is 2. The third-order valence-electron chi connectivity index (χ3n) is 2.02. The van der Waals surface area contributed by atoms with Gasteiger partial charge >= 0.3 is 24.1 Å². The molecule has 0 radical (unpaired) electrons. The van der Waals surface area contributed by atoms with Gasteiger partial charge in [-0.1, -0.05) is 41.4 Å². The molecule has 0 aromatic heterocycles. The van der Waals surface area contributed by atoms with E-state index in [1.54, 1.807) is 0 Å². The summed E-state index contributed by atoms with van der Waals surface area (Å²) in [4.78, 5) is 33.0. The summed E-state index contributed by atoms with van der Waals surface area (Å²) >= 11 is 15.8. The van der Waals surface area contributed by atoms with Crippen molar-refractivity contribution >= 4 is 52.7 Å². The quantitative estimate of drug-likeness (QED) is 0.401. The van der Waals surface area contributed by atoms with E-state index in [-0.39, 0.29) is 0 Å². The Morgan fingerprint density at radius 2 is 1.70 bits per heavy atom. The minimum Gasteiger partial charge on any atom is -0.481 e. The second kappa shape index (κ2) is 8.60. The van der Waals surface area contributed by atoms with Gasteiger partial charge in [-0.3, -0.25) is 9.59 Å². The highest BCUT2D eigenvalue weighted by Gasteiger charge is 2.45. The Balaban J connectivity index is 4.78. The zero-order valence-corrected chi connectivity index (χ0v) is 13.4. The molecule has 12 heteroatoms. The predicted octanol–water partition coefficient (Wildman–Crippen LogP) is 2.79. The highest BCUT2D eigenvalue weighted by molar-refractivity contribution is 6.67. The first-order chi connectivity index (χ1) is 10.2. The molecule has 0 aliphatic rings. The number of ether oxygens (including phenoxy) is 2. The average molecular weight is 402 g/mol. The minimum atomic E-state index is -5.10. The monoisotopic (exact) mass is 400 g/mol. The molecule has 0 fully saturated rings. The van der Waals surface area contributed by atoms with E-state index >= 15 is 0 Å². The van der Waals surface area contributed by atoms with Gasteiger partial charge in [0.1, 0.15) is 6.61 Å². The number of carbonyl (C=O) groups excluding carboxylic acids is 2. The number of carboxylic acid groups (broad SMARTS) is 1. The Kier molecular flexibility index (Phi) is 8.16. The zero-order chi connectivity index (χ0) is 18.4. The van der Waals surface area contributed by atoms with Gasteiger partial charge in [0.2, 0.25) is 9.90 Å². The number of carboxylic acids is 1. The van der Waals surface area contributed by atoms with Crippen LogP contribution in [0.5, 0.6) is 0 Å². The standard InChI is InChI=1S/C11H10Cl3F3O6/c1-5(2-7(18)19)9(21)23-6(11(15,16)17)3-8(20)22-4-10(12,13)14/h6H,1-4H2,(H,18,19). The van der Waals surface area contributed by atoms with Gasteiger partial charge in [0.05, 0.1) is 12.8 Å². The van der Waals surface area contributed by atoms with Crippen molar-refractivity contribution in [2.45, 2.75) is 28.9 Å². The summed E-state index contributed by atoms with van der Waals surface area (Å²) in [6.07, 6.45) is -10.3. The molecule has 0 saturated heterocycles. The number of hydrogen-bond acceptors (Lipinski definition) is 5. The van der Waals surface area contributed by atoms with Crippen LogP contribution >= 0.6 is 34.8 Å². The van der Waals surface area contributed by atoms with E-state index in [0.29, 0.717) is 0 Å². The molecule has 0 aliphatic carbocycles. The predicted molar refractivity (Wildman–Crippen MR) is 73.2 cm³/mol. The first-order valence-corrected chi connectivity index (χ1v) is 6.75. The molecule has 0 saturated carbocycles. The molecular weight excluding hydrogens is 391 g/mol. The van der Waals surface area contributed by atoms with Crippen LogP contribution in [-0.4, -0.2) is 45.7 Å². The van der Waals surface area contributed by atoms with E-state index in [0.717, 1.165) is 0 Å². The fourth-order valence-electron chi connectivity index (χ4n) is 1.06. The fraction of sp³-hybridized carbons (Fsp3) is 0.545. The fourth-order valence-corrected chi connectivity index (χ4v) is 1.23. The number of carbonyl (C=O) groups is 3. The highest BCUT2D eigenvalue weighted by atomic mass is 35.6. The van der Waals surface area contributed by atoms with Gasteiger partial charge in [0.25, 0.3) is 0 Å². The maximum atomic E-state index is 12.7. The molecule has 1 unspecified atom stereocenters. The lowest BCUT2D eigenvalue weighted by Gasteiger charge is -2.20. The summed E-state index contributed by atoms with van der Waals surface area (Å²) in [6.45, 7) is 2.18. The molecule has 0 aromatic carbocycles. The second-order valence-electron chi connectivity index (χ2n) is 4.09. The number of rotatable bonds is 7. The van der Waals surface area contributed by atoms with E-state index in [1.807, 2.05) is 0 Å². The van der Waals surface area contributed by atoms with Crippen molar-refractivity contribution in [2.75, 3.05) is 6.61 Å². The van der Waals surface area contributed by atoms with Crippen LogP contribution in [0.1, 0.15) is 12.8 Å². The molecule has 23 heavy (non-hydrogen) atoms. The number of halogens is 6. The van der Waals surface area contributed by atoms with Gasteiger partial charge in [-0.05, 0) is 0 Å². The molecule has 132 valence electrons. The molecule has 0 rings (SSSR count). The molecule has 0 bridgehead atoms. The molecule has 6 nitrogen and oxygen atoms in total. The lowest BCUT2D eigenvalue weighted by molar-refractivity contribution is -0.222. The average Bonchev–Trinajstić information content (AvgIpc) is 2.32. The molecule has 1 atom stereocenters. The van der Waals surface area contributed by atoms with Crippen LogP contribution in [0.4, 0.5) is 13.2 Å². The summed E-state index contributed by atoms with van der Waals surface area (Å²) in [6, 6.07) is 0. The van der Waals surface area contributed by atoms with Crippen molar-refractivity contribution in [1.82, 2.24) is 0 Å². The normalized spacial score (nSPS) is 13.1. The molecular formula is C11H10Cl3F3O6. The summed E-state index contributed by atoms with van der Waals surface area (Å²) in [5, 5.41) is 8.42. The first-order valence-electron chi connectivity index (χ1n) is 5.62. The Hall–Kier alpha value is -1.19. The van der Waals surface area contributed by atoms with Crippen LogP contribution in [-0.2, 0) is 23.9 Å². The molecule has 0 amide bonds. The molecule has 1 N–H and O–H groups in total. The van der Waals surface area contributed by atoms with Crippen LogP contribution < -0.4 is 0 Å². The lowest BCUT2D eigenvalue weighted by Crippen LogP contribution is -2.37. The second-order valence-corrected chi connectivity index (χ2v) is 6.61. The maximum absolute atomic E-state index is 12.7. The van der Waals surface area contributed by atoms with E-state index in [4.69, 9.17) is 39.9 Å². The third-order valence-corrected chi connectivity index (χ3v) is 2.34. The Bertz CT molecular complexity index is 486. The third kappa shape index (κ3) is 10.2. The Morgan fingerprint density at radius 3 is 2.09 bits per heavy atom. The lowest BCUT2D eigenvalue weighted by atomic mass is 10.2. The van der Waals surface area contributed by atoms with Crippen molar-refractivity contribution in [3.63, 3.8) is 0 Å². The van der Waals surface area contributed by atoms with Gasteiger partial charge in [-0.25, -0.2) is 4.79 Å². The van der Waals surface area contributed by atoms with Crippen LogP contribution in [0.25, 0.3) is 0 Å². The zero-order valence-electron chi connectivity index (χ0n) is 11.2. The van der Waals surface area contributed by atoms with Crippen LogP contribution in [0.2, 0.25) is 0 Å². The van der Waals surface area contributed by atoms with E-state index in [9.17, 15) is 27.6 Å². The maximum Gasteiger partial charge on any atom is 0.426 e. The van der Waals surface area contributed by atoms with Gasteiger partial charge in [0.15, 0.2) is 0 Å². The van der Waals surface area contributed by atoms with Gasteiger partial charge in [-0.15, -0.1) is 0 Å². The largest absolute Gasteiger partial charge is 0.481 e. The molecule has 0 spiro atoms. The van der Waals surface area contributed by atoms with Crippen molar-refractivity contribution in [3.05, 3.63) is 12.2 Å². The Labute approximate surface area is 143 Å². The molecule has 0 aliphatic heterocycles. The number of alkyl halides is 6. The number of hydrogen-bond donors (Lipinski definition) is 1. The number of aliphatic carboxylic acids is 1. The van der Waals surface area contributed by atoms with Gasteiger partial charge in [0, 0.05) is 5.57 Å². The SMILES string of the molecule is C=C(CC(=O)O)C(=O)OC(CC(=O)OCC(Cl)(Cl)Cl)C(F)(F)F. The Morgan fingerprint density at radius 1 is 1.17 bits per heavy atom. The summed E-state index contributed by atoms with van der Waals surface area (Å²) in [5.74, 6) is -4.53. The summed E-state index contributed by atoms with van der Waals surface area (Å²) in [5.41, 5.74) is -0.721. The van der Waals surface area contributed by atoms with Crippen LogP contribution in [0, 0.1) is 0 Å². The van der Waals surface area contributed by atoms with E-state index in [2.05, 4.69) is 16.1 Å². The van der Waals surface area contributed by atoms with Crippen molar-refractivity contribution < 1.29 is 42.1 Å². The van der Waals surface area contributed by atoms with E-state index in [1.165, 1.54) is 0 Å². The van der Waals surface area contributed by atoms with Crippen LogP contribution in [0.3, 0.4) is 0 Å². The molecule has 0 heterocycles. The van der Waals surface area contributed by atoms with Crippen LogP contribution in [0.15, 0.2) is 12.2 Å². The van der Waals surface area contributed by atoms with Crippen molar-refractivity contribution in [2.24, 2.45) is 0 Å². The van der Waals surface area contributed by atoms with Crippen molar-refractivity contribution in [3.8, 4) is 0 Å². The van der Waals surface area contributed by atoms with Gasteiger partial charge < -0.3 is 14.6 Å². The summed E-state index contributed by atoms with van der Waals surface area (Å²) in [7, 11) is 0. The van der Waals surface area contributed by atoms with Gasteiger partial charge in [-0.2, -0.15) is 13.2 Å². The molecule has 0 aromatic rings.